The summed E-state index contributed by atoms with van der Waals surface area (Å²) in [5.41, 5.74) is 1.09. The molecule has 0 aromatic heterocycles. The lowest BCUT2D eigenvalue weighted by Crippen LogP contribution is -2.45. The lowest BCUT2D eigenvalue weighted by atomic mass is 9.98. The Hall–Kier alpha value is -0.450. The van der Waals surface area contributed by atoms with E-state index in [0.717, 1.165) is 38.2 Å². The number of halogens is 2. The average molecular weight is 329 g/mol. The summed E-state index contributed by atoms with van der Waals surface area (Å²) in [5, 5.41) is 3.38. The zero-order chi connectivity index (χ0) is 13.7. The first-order valence-corrected chi connectivity index (χ1v) is 7.92. The molecular weight excluding hydrogens is 307 g/mol. The highest BCUT2D eigenvalue weighted by Gasteiger charge is 2.24. The van der Waals surface area contributed by atoms with Crippen molar-refractivity contribution < 1.29 is 4.39 Å². The Bertz CT molecular complexity index is 405. The van der Waals surface area contributed by atoms with E-state index in [9.17, 15) is 4.39 Å². The molecule has 1 heterocycles. The van der Waals surface area contributed by atoms with Crippen LogP contribution in [-0.2, 0) is 0 Å². The number of hydrogen-bond acceptors (Lipinski definition) is 2. The van der Waals surface area contributed by atoms with Gasteiger partial charge < -0.3 is 5.32 Å². The normalized spacial score (nSPS) is 18.5. The number of rotatable bonds is 5. The molecule has 0 bridgehead atoms. The maximum atomic E-state index is 13.8. The van der Waals surface area contributed by atoms with E-state index in [1.165, 1.54) is 18.9 Å². The highest BCUT2D eigenvalue weighted by Crippen LogP contribution is 2.33. The highest BCUT2D eigenvalue weighted by atomic mass is 79.9. The first-order valence-electron chi connectivity index (χ1n) is 7.12. The molecule has 1 fully saturated rings. The summed E-state index contributed by atoms with van der Waals surface area (Å²) >= 11 is 3.42. The number of nitrogens with one attached hydrogen (secondary N) is 1. The fraction of sp³-hybridized carbons (Fsp3) is 0.600. The molecule has 1 aliphatic heterocycles. The van der Waals surface area contributed by atoms with Crippen LogP contribution in [0.1, 0.15) is 37.8 Å². The van der Waals surface area contributed by atoms with Gasteiger partial charge in [0, 0.05) is 32.2 Å². The molecule has 1 aliphatic rings. The predicted molar refractivity (Wildman–Crippen MR) is 80.8 cm³/mol. The van der Waals surface area contributed by atoms with E-state index in [1.54, 1.807) is 0 Å². The second-order valence-corrected chi connectivity index (χ2v) is 5.88. The molecule has 0 amide bonds. The summed E-state index contributed by atoms with van der Waals surface area (Å²) in [7, 11) is 0. The van der Waals surface area contributed by atoms with Gasteiger partial charge in [0.15, 0.2) is 0 Å². The van der Waals surface area contributed by atoms with Crippen LogP contribution in [0, 0.1) is 5.82 Å². The van der Waals surface area contributed by atoms with Crippen molar-refractivity contribution in [3.8, 4) is 0 Å². The van der Waals surface area contributed by atoms with Crippen LogP contribution in [0.5, 0.6) is 0 Å². The van der Waals surface area contributed by atoms with E-state index >= 15 is 0 Å². The zero-order valence-electron chi connectivity index (χ0n) is 11.5. The lowest BCUT2D eigenvalue weighted by molar-refractivity contribution is 0.162. The van der Waals surface area contributed by atoms with Crippen molar-refractivity contribution in [3.05, 3.63) is 34.1 Å². The predicted octanol–water partition coefficient (Wildman–Crippen LogP) is 3.72. The summed E-state index contributed by atoms with van der Waals surface area (Å²) in [5.74, 6) is -0.158. The molecule has 19 heavy (non-hydrogen) atoms. The molecule has 0 radical (unpaired) electrons. The third-order valence-electron chi connectivity index (χ3n) is 3.76. The van der Waals surface area contributed by atoms with Crippen molar-refractivity contribution in [1.29, 1.82) is 0 Å². The van der Waals surface area contributed by atoms with Gasteiger partial charge in [-0.25, -0.2) is 4.39 Å². The standard InChI is InChI=1S/C15H22BrFN2/c1-2-3-7-14(19-10-8-18-9-11-19)12-5-4-6-13(17)15(12)16/h4-6,14,18H,2-3,7-11H2,1H3/t14-/m0/s1. The minimum atomic E-state index is -0.158. The van der Waals surface area contributed by atoms with Crippen molar-refractivity contribution in [2.45, 2.75) is 32.2 Å². The summed E-state index contributed by atoms with van der Waals surface area (Å²) in [6.45, 7) is 6.33. The molecule has 1 aromatic rings. The van der Waals surface area contributed by atoms with Crippen molar-refractivity contribution >= 4 is 15.9 Å². The summed E-state index contributed by atoms with van der Waals surface area (Å²) in [6, 6.07) is 5.71. The van der Waals surface area contributed by atoms with Gasteiger partial charge in [-0.2, -0.15) is 0 Å². The number of nitrogens with zero attached hydrogens (tertiary/aromatic N) is 1. The van der Waals surface area contributed by atoms with Gasteiger partial charge in [-0.15, -0.1) is 0 Å². The molecule has 1 atom stereocenters. The van der Waals surface area contributed by atoms with Gasteiger partial charge in [0.1, 0.15) is 5.82 Å². The average Bonchev–Trinajstić information content (AvgIpc) is 2.45. The van der Waals surface area contributed by atoms with Crippen LogP contribution < -0.4 is 5.32 Å². The van der Waals surface area contributed by atoms with Gasteiger partial charge >= 0.3 is 0 Å². The van der Waals surface area contributed by atoms with Crippen LogP contribution in [0.2, 0.25) is 0 Å². The van der Waals surface area contributed by atoms with Gasteiger partial charge in [0.25, 0.3) is 0 Å². The molecule has 0 aliphatic carbocycles. The lowest BCUT2D eigenvalue weighted by Gasteiger charge is -2.35. The largest absolute Gasteiger partial charge is 0.314 e. The van der Waals surface area contributed by atoms with E-state index in [2.05, 4.69) is 39.1 Å². The van der Waals surface area contributed by atoms with Crippen LogP contribution in [0.15, 0.2) is 22.7 Å². The number of unbranched alkanes of at least 4 members (excludes halogenated alkanes) is 1. The van der Waals surface area contributed by atoms with E-state index in [0.29, 0.717) is 10.5 Å². The van der Waals surface area contributed by atoms with E-state index in [4.69, 9.17) is 0 Å². The fourth-order valence-electron chi connectivity index (χ4n) is 2.70. The van der Waals surface area contributed by atoms with Crippen LogP contribution in [0.25, 0.3) is 0 Å². The molecule has 4 heteroatoms. The summed E-state index contributed by atoms with van der Waals surface area (Å²) < 4.78 is 14.4. The first kappa shape index (κ1) is 14.9. The molecule has 1 aromatic carbocycles. The summed E-state index contributed by atoms with van der Waals surface area (Å²) in [4.78, 5) is 2.48. The van der Waals surface area contributed by atoms with E-state index in [-0.39, 0.29) is 5.82 Å². The number of hydrogen-bond donors (Lipinski definition) is 1. The van der Waals surface area contributed by atoms with Gasteiger partial charge in [0.2, 0.25) is 0 Å². The Kier molecular flexibility index (Phi) is 5.79. The zero-order valence-corrected chi connectivity index (χ0v) is 13.0. The molecule has 2 nitrogen and oxygen atoms in total. The van der Waals surface area contributed by atoms with Gasteiger partial charge in [0.05, 0.1) is 4.47 Å². The Labute approximate surface area is 123 Å². The van der Waals surface area contributed by atoms with Crippen molar-refractivity contribution in [2.24, 2.45) is 0 Å². The SMILES string of the molecule is CCCC[C@@H](c1cccc(F)c1Br)N1CCNCC1. The molecule has 1 saturated heterocycles. The quantitative estimate of drug-likeness (QED) is 0.886. The van der Waals surface area contributed by atoms with Gasteiger partial charge in [-0.05, 0) is 34.0 Å². The van der Waals surface area contributed by atoms with Crippen LogP contribution in [-0.4, -0.2) is 31.1 Å². The highest BCUT2D eigenvalue weighted by molar-refractivity contribution is 9.10. The minimum Gasteiger partial charge on any atom is -0.314 e. The van der Waals surface area contributed by atoms with Gasteiger partial charge in [-0.3, -0.25) is 4.90 Å². The maximum absolute atomic E-state index is 13.8. The minimum absolute atomic E-state index is 0.158. The third kappa shape index (κ3) is 3.77. The Morgan fingerprint density at radius 3 is 2.79 bits per heavy atom. The van der Waals surface area contributed by atoms with Crippen LogP contribution >= 0.6 is 15.9 Å². The van der Waals surface area contributed by atoms with Gasteiger partial charge in [-0.1, -0.05) is 31.9 Å². The Balaban J connectivity index is 2.22. The molecule has 0 saturated carbocycles. The fourth-order valence-corrected chi connectivity index (χ4v) is 3.23. The molecule has 0 unspecified atom stereocenters. The second-order valence-electron chi connectivity index (χ2n) is 5.09. The van der Waals surface area contributed by atoms with E-state index < -0.39 is 0 Å². The number of piperazine rings is 1. The summed E-state index contributed by atoms with van der Waals surface area (Å²) in [6.07, 6.45) is 3.45. The molecule has 2 rings (SSSR count). The Morgan fingerprint density at radius 2 is 2.11 bits per heavy atom. The van der Waals surface area contributed by atoms with Crippen molar-refractivity contribution in [2.75, 3.05) is 26.2 Å². The van der Waals surface area contributed by atoms with E-state index in [1.807, 2.05) is 6.07 Å². The van der Waals surface area contributed by atoms with Crippen molar-refractivity contribution in [1.82, 2.24) is 10.2 Å². The van der Waals surface area contributed by atoms with Crippen LogP contribution in [0.3, 0.4) is 0 Å². The smallest absolute Gasteiger partial charge is 0.137 e. The second kappa shape index (κ2) is 7.36. The van der Waals surface area contributed by atoms with Crippen LogP contribution in [0.4, 0.5) is 4.39 Å². The topological polar surface area (TPSA) is 15.3 Å². The molecule has 0 spiro atoms. The monoisotopic (exact) mass is 328 g/mol. The molecule has 106 valence electrons. The molecule has 1 N–H and O–H groups in total. The first-order chi connectivity index (χ1) is 9.24. The van der Waals surface area contributed by atoms with Crippen molar-refractivity contribution in [3.63, 3.8) is 0 Å². The maximum Gasteiger partial charge on any atom is 0.137 e. The number of benzene rings is 1. The molecular formula is C15H22BrFN2. The third-order valence-corrected chi connectivity index (χ3v) is 4.60. The Morgan fingerprint density at radius 1 is 1.37 bits per heavy atom.